The maximum Gasteiger partial charge on any atom is 0.334 e. The van der Waals surface area contributed by atoms with Gasteiger partial charge in [-0.25, -0.2) is 9.59 Å². The zero-order valence-corrected chi connectivity index (χ0v) is 24.5. The molecule has 0 radical (unpaired) electrons. The highest BCUT2D eigenvalue weighted by Crippen LogP contribution is 2.52. The van der Waals surface area contributed by atoms with Crippen molar-refractivity contribution >= 4 is 46.8 Å². The second-order valence-electron chi connectivity index (χ2n) is 10.4. The number of rotatable bonds is 8. The van der Waals surface area contributed by atoms with Gasteiger partial charge in [0.1, 0.15) is 0 Å². The molecule has 1 amide bonds. The van der Waals surface area contributed by atoms with Crippen molar-refractivity contribution in [3.8, 4) is 0 Å². The number of piperazine rings is 1. The topological polar surface area (TPSA) is 118 Å². The lowest BCUT2D eigenvalue weighted by atomic mass is 9.66. The van der Waals surface area contributed by atoms with Crippen molar-refractivity contribution in [1.29, 1.82) is 0 Å². The predicted octanol–water partition coefficient (Wildman–Crippen LogP) is 4.31. The van der Waals surface area contributed by atoms with Gasteiger partial charge >= 0.3 is 11.9 Å². The first-order chi connectivity index (χ1) is 19.4. The van der Waals surface area contributed by atoms with Gasteiger partial charge in [0, 0.05) is 65.8 Å². The summed E-state index contributed by atoms with van der Waals surface area (Å²) in [6.07, 6.45) is -0.686. The van der Waals surface area contributed by atoms with E-state index in [-0.39, 0.29) is 62.7 Å². The minimum absolute atomic E-state index is 0.0519. The second kappa shape index (κ2) is 12.1. The lowest BCUT2D eigenvalue weighted by Gasteiger charge is -2.44. The molecular formula is C30H31Cl2N3O6. The van der Waals surface area contributed by atoms with E-state index in [1.165, 1.54) is 31.0 Å². The number of nitrogens with zero attached hydrogens (tertiary/aromatic N) is 3. The molecule has 2 aliphatic rings. The van der Waals surface area contributed by atoms with Gasteiger partial charge in [-0.2, -0.15) is 0 Å². The van der Waals surface area contributed by atoms with Crippen LogP contribution in [-0.2, 0) is 19.8 Å². The summed E-state index contributed by atoms with van der Waals surface area (Å²) in [5, 5.41) is 21.3. The molecule has 0 saturated carbocycles. The van der Waals surface area contributed by atoms with Crippen LogP contribution in [0.3, 0.4) is 0 Å². The summed E-state index contributed by atoms with van der Waals surface area (Å²) in [5.74, 6) is -3.54. The summed E-state index contributed by atoms with van der Waals surface area (Å²) in [6.45, 7) is 3.70. The molecule has 4 rings (SSSR count). The number of hydrogen-bond acceptors (Lipinski definition) is 6. The number of halogens is 2. The number of hydrogen-bond donors (Lipinski definition) is 2. The van der Waals surface area contributed by atoms with Gasteiger partial charge in [0.15, 0.2) is 5.78 Å². The van der Waals surface area contributed by atoms with Crippen LogP contribution in [0.25, 0.3) is 0 Å². The van der Waals surface area contributed by atoms with E-state index in [2.05, 4.69) is 4.90 Å². The first-order valence-electron chi connectivity index (χ1n) is 13.0. The Morgan fingerprint density at radius 3 is 1.80 bits per heavy atom. The van der Waals surface area contributed by atoms with Crippen LogP contribution in [-0.4, -0.2) is 88.8 Å². The van der Waals surface area contributed by atoms with Crippen LogP contribution in [0.5, 0.6) is 0 Å². The van der Waals surface area contributed by atoms with Gasteiger partial charge in [0.2, 0.25) is 5.91 Å². The number of allylic oxidation sites excluding steroid dienone is 1. The van der Waals surface area contributed by atoms with Crippen molar-refractivity contribution < 1.29 is 29.4 Å². The number of likely N-dealkylation sites (N-methyl/N-ethyl adjacent to an activating group) is 1. The molecule has 2 aromatic rings. The number of carbonyl (C=O) groups is 4. The molecule has 1 saturated heterocycles. The summed E-state index contributed by atoms with van der Waals surface area (Å²) in [7, 11) is 3.44. The third kappa shape index (κ3) is 5.75. The number of carboxylic acid groups (broad SMARTS) is 2. The summed E-state index contributed by atoms with van der Waals surface area (Å²) < 4.78 is 0. The molecule has 2 heterocycles. The third-order valence-electron chi connectivity index (χ3n) is 7.88. The first kappa shape index (κ1) is 30.3. The predicted molar refractivity (Wildman–Crippen MR) is 155 cm³/mol. The fourth-order valence-corrected chi connectivity index (χ4v) is 6.48. The number of carboxylic acids is 2. The Balaban J connectivity index is 1.96. The van der Waals surface area contributed by atoms with Crippen molar-refractivity contribution in [2.24, 2.45) is 0 Å². The van der Waals surface area contributed by atoms with Gasteiger partial charge < -0.3 is 24.9 Å². The number of aliphatic carboxylic acids is 2. The van der Waals surface area contributed by atoms with E-state index in [9.17, 15) is 29.4 Å². The number of carbonyl (C=O) groups excluding carboxylic acids is 2. The molecular weight excluding hydrogens is 569 g/mol. The maximum atomic E-state index is 13.5. The quantitative estimate of drug-likeness (QED) is 0.431. The Kier molecular flexibility index (Phi) is 8.91. The summed E-state index contributed by atoms with van der Waals surface area (Å²) in [5.41, 5.74) is -2.06. The SMILES string of the molecule is CN1CCN(C(=O)CC2=C(C(=O)O)C(C)(c3c(Cl)cccc3Cl)C(C(=O)O)=C(CC(=O)c3ccccc3)N2C)CC1. The molecule has 0 aromatic heterocycles. The standard InChI is InChI=1S/C30H31Cl2N3O6/c1-30(25-19(31)10-7-11-20(25)32)26(28(38)39)21(16-23(36)18-8-5-4-6-9-18)34(3)22(27(30)29(40)41)17-24(37)35-14-12-33(2)13-15-35/h4-11H,12-17H2,1-3H3,(H,38,39)(H,40,41). The van der Waals surface area contributed by atoms with Gasteiger partial charge in [0.25, 0.3) is 0 Å². The zero-order chi connectivity index (χ0) is 30.1. The molecule has 1 unspecified atom stereocenters. The van der Waals surface area contributed by atoms with Crippen molar-refractivity contribution in [2.75, 3.05) is 40.3 Å². The smallest absolute Gasteiger partial charge is 0.334 e. The number of amides is 1. The molecule has 0 aliphatic carbocycles. The molecule has 2 aliphatic heterocycles. The Labute approximate surface area is 248 Å². The van der Waals surface area contributed by atoms with Crippen molar-refractivity contribution in [2.45, 2.75) is 25.2 Å². The molecule has 216 valence electrons. The fraction of sp³-hybridized carbons (Fsp3) is 0.333. The van der Waals surface area contributed by atoms with Crippen LogP contribution in [0, 0.1) is 0 Å². The van der Waals surface area contributed by atoms with Crippen LogP contribution in [0.1, 0.15) is 35.7 Å². The van der Waals surface area contributed by atoms with Crippen LogP contribution < -0.4 is 0 Å². The van der Waals surface area contributed by atoms with Crippen LogP contribution >= 0.6 is 23.2 Å². The molecule has 0 spiro atoms. The van der Waals surface area contributed by atoms with Crippen molar-refractivity contribution in [1.82, 2.24) is 14.7 Å². The van der Waals surface area contributed by atoms with Crippen molar-refractivity contribution in [3.05, 3.63) is 92.2 Å². The lowest BCUT2D eigenvalue weighted by molar-refractivity contribution is -0.134. The Bertz CT molecular complexity index is 1440. The van der Waals surface area contributed by atoms with E-state index >= 15 is 0 Å². The Morgan fingerprint density at radius 2 is 1.29 bits per heavy atom. The monoisotopic (exact) mass is 599 g/mol. The molecule has 11 heteroatoms. The Morgan fingerprint density at radius 1 is 0.780 bits per heavy atom. The minimum Gasteiger partial charge on any atom is -0.478 e. The van der Waals surface area contributed by atoms with Gasteiger partial charge in [0.05, 0.1) is 29.4 Å². The normalized spacial score (nSPS) is 19.9. The third-order valence-corrected chi connectivity index (χ3v) is 8.51. The highest BCUT2D eigenvalue weighted by atomic mass is 35.5. The number of ketones is 1. The molecule has 2 N–H and O–H groups in total. The highest BCUT2D eigenvalue weighted by Gasteiger charge is 2.52. The van der Waals surface area contributed by atoms with Gasteiger partial charge in [-0.05, 0) is 26.1 Å². The van der Waals surface area contributed by atoms with E-state index in [1.807, 2.05) is 7.05 Å². The summed E-state index contributed by atoms with van der Waals surface area (Å²) in [6, 6.07) is 12.9. The van der Waals surface area contributed by atoms with E-state index in [0.29, 0.717) is 31.7 Å². The van der Waals surface area contributed by atoms with Crippen LogP contribution in [0.2, 0.25) is 10.0 Å². The van der Waals surface area contributed by atoms with Crippen LogP contribution in [0.4, 0.5) is 0 Å². The Hall–Kier alpha value is -3.66. The number of benzene rings is 2. The average Bonchev–Trinajstić information content (AvgIpc) is 2.91. The molecule has 1 atom stereocenters. The fourth-order valence-electron chi connectivity index (χ4n) is 5.70. The minimum atomic E-state index is -1.91. The van der Waals surface area contributed by atoms with Crippen LogP contribution in [0.15, 0.2) is 71.1 Å². The molecule has 1 fully saturated rings. The average molecular weight is 600 g/mol. The summed E-state index contributed by atoms with van der Waals surface area (Å²) >= 11 is 13.2. The molecule has 41 heavy (non-hydrogen) atoms. The van der Waals surface area contributed by atoms with Gasteiger partial charge in [-0.3, -0.25) is 9.59 Å². The van der Waals surface area contributed by atoms with E-state index < -0.39 is 17.4 Å². The molecule has 9 nitrogen and oxygen atoms in total. The van der Waals surface area contributed by atoms with E-state index in [0.717, 1.165) is 0 Å². The summed E-state index contributed by atoms with van der Waals surface area (Å²) in [4.78, 5) is 58.2. The molecule has 2 aromatic carbocycles. The van der Waals surface area contributed by atoms with Gasteiger partial charge in [-0.15, -0.1) is 0 Å². The zero-order valence-electron chi connectivity index (χ0n) is 23.0. The van der Waals surface area contributed by atoms with E-state index in [1.54, 1.807) is 41.3 Å². The highest BCUT2D eigenvalue weighted by molar-refractivity contribution is 6.36. The first-order valence-corrected chi connectivity index (χ1v) is 13.8. The van der Waals surface area contributed by atoms with Crippen molar-refractivity contribution in [3.63, 3.8) is 0 Å². The van der Waals surface area contributed by atoms with Gasteiger partial charge in [-0.1, -0.05) is 59.6 Å². The lowest BCUT2D eigenvalue weighted by Crippen LogP contribution is -2.49. The van der Waals surface area contributed by atoms with E-state index in [4.69, 9.17) is 23.2 Å². The largest absolute Gasteiger partial charge is 0.478 e. The number of Topliss-reactive ketones (excluding diaryl/α,β-unsaturated/α-hetero) is 1. The maximum absolute atomic E-state index is 13.5. The molecule has 0 bridgehead atoms. The second-order valence-corrected chi connectivity index (χ2v) is 11.2.